The predicted octanol–water partition coefficient (Wildman–Crippen LogP) is 3.50. The van der Waals surface area contributed by atoms with Gasteiger partial charge in [0.1, 0.15) is 0 Å². The van der Waals surface area contributed by atoms with Crippen LogP contribution in [0.2, 0.25) is 10.0 Å². The summed E-state index contributed by atoms with van der Waals surface area (Å²) in [6, 6.07) is 1.97. The van der Waals surface area contributed by atoms with E-state index >= 15 is 0 Å². The van der Waals surface area contributed by atoms with E-state index in [4.69, 9.17) is 28.3 Å². The molecule has 1 nitrogen and oxygen atoms in total. The number of hydrogen-bond donors (Lipinski definition) is 1. The Morgan fingerprint density at radius 3 is 2.21 bits per heavy atom. The van der Waals surface area contributed by atoms with Crippen molar-refractivity contribution in [1.82, 2.24) is 0 Å². The van der Waals surface area contributed by atoms with Gasteiger partial charge < -0.3 is 5.11 Å². The molecule has 14 heavy (non-hydrogen) atoms. The summed E-state index contributed by atoms with van der Waals surface area (Å²) in [4.78, 5) is 0. The van der Waals surface area contributed by atoms with Crippen LogP contribution in [0.5, 0.6) is 0 Å². The minimum atomic E-state index is -4.56. The van der Waals surface area contributed by atoms with Crippen LogP contribution in [0.3, 0.4) is 0 Å². The molecule has 1 N–H and O–H groups in total. The van der Waals surface area contributed by atoms with Crippen molar-refractivity contribution in [2.75, 3.05) is 0 Å². The van der Waals surface area contributed by atoms with Gasteiger partial charge in [-0.3, -0.25) is 0 Å². The Morgan fingerprint density at radius 2 is 1.79 bits per heavy atom. The molecule has 78 valence electrons. The van der Waals surface area contributed by atoms with Crippen molar-refractivity contribution in [3.8, 4) is 0 Å². The van der Waals surface area contributed by atoms with Gasteiger partial charge in [-0.25, -0.2) is 0 Å². The maximum Gasteiger partial charge on any atom is 0.417 e. The summed E-state index contributed by atoms with van der Waals surface area (Å²) in [5.41, 5.74) is -0.956. The van der Waals surface area contributed by atoms with E-state index < -0.39 is 23.4 Å². The van der Waals surface area contributed by atoms with Crippen molar-refractivity contribution in [1.29, 1.82) is 0 Å². The maximum absolute atomic E-state index is 12.3. The van der Waals surface area contributed by atoms with Gasteiger partial charge >= 0.3 is 6.18 Å². The Morgan fingerprint density at radius 1 is 1.21 bits per heavy atom. The Balaban J connectivity index is 3.35. The predicted molar refractivity (Wildman–Crippen MR) is 47.4 cm³/mol. The highest BCUT2D eigenvalue weighted by Crippen LogP contribution is 2.38. The van der Waals surface area contributed by atoms with Crippen molar-refractivity contribution < 1.29 is 18.3 Å². The first-order valence-corrected chi connectivity index (χ1v) is 4.28. The lowest BCUT2D eigenvalue weighted by atomic mass is 10.1. The SMILES string of the molecule is OCc1cc(Cl)c(Cl)c(C(F)(F)F)c1. The lowest BCUT2D eigenvalue weighted by molar-refractivity contribution is -0.137. The second-order valence-corrected chi connectivity index (χ2v) is 3.38. The minimum Gasteiger partial charge on any atom is -0.392 e. The molecular formula is C8H5Cl2F3O. The Labute approximate surface area is 88.1 Å². The minimum absolute atomic E-state index is 0.0757. The van der Waals surface area contributed by atoms with Gasteiger partial charge in [-0.05, 0) is 17.7 Å². The van der Waals surface area contributed by atoms with Gasteiger partial charge in [-0.15, -0.1) is 0 Å². The van der Waals surface area contributed by atoms with Crippen LogP contribution in [0.1, 0.15) is 11.1 Å². The first kappa shape index (κ1) is 11.6. The molecule has 0 saturated heterocycles. The van der Waals surface area contributed by atoms with Crippen LogP contribution >= 0.6 is 23.2 Å². The van der Waals surface area contributed by atoms with Crippen LogP contribution in [0, 0.1) is 0 Å². The molecule has 1 aromatic carbocycles. The molecule has 0 aliphatic heterocycles. The lowest BCUT2D eigenvalue weighted by Crippen LogP contribution is -2.07. The molecule has 6 heteroatoms. The van der Waals surface area contributed by atoms with E-state index in [1.54, 1.807) is 0 Å². The summed E-state index contributed by atoms with van der Waals surface area (Å²) in [7, 11) is 0. The summed E-state index contributed by atoms with van der Waals surface area (Å²) in [5.74, 6) is 0. The Bertz CT molecular complexity index is 349. The maximum atomic E-state index is 12.3. The average molecular weight is 245 g/mol. The highest BCUT2D eigenvalue weighted by molar-refractivity contribution is 6.42. The summed E-state index contributed by atoms with van der Waals surface area (Å²) in [6.45, 7) is -0.514. The van der Waals surface area contributed by atoms with E-state index in [0.29, 0.717) is 0 Å². The van der Waals surface area contributed by atoms with Gasteiger partial charge in [-0.2, -0.15) is 13.2 Å². The molecule has 0 atom stereocenters. The Kier molecular flexibility index (Phi) is 3.29. The normalized spacial score (nSPS) is 11.9. The van der Waals surface area contributed by atoms with Crippen molar-refractivity contribution >= 4 is 23.2 Å². The zero-order chi connectivity index (χ0) is 10.9. The largest absolute Gasteiger partial charge is 0.417 e. The number of hydrogen-bond acceptors (Lipinski definition) is 1. The number of aliphatic hydroxyl groups is 1. The number of halogens is 5. The van der Waals surface area contributed by atoms with Crippen molar-refractivity contribution in [3.63, 3.8) is 0 Å². The first-order chi connectivity index (χ1) is 6.36. The molecule has 0 aliphatic rings. The van der Waals surface area contributed by atoms with Crippen LogP contribution < -0.4 is 0 Å². The van der Waals surface area contributed by atoms with Crippen molar-refractivity contribution in [2.24, 2.45) is 0 Å². The zero-order valence-corrected chi connectivity index (χ0v) is 8.21. The van der Waals surface area contributed by atoms with Crippen molar-refractivity contribution in [2.45, 2.75) is 12.8 Å². The van der Waals surface area contributed by atoms with E-state index in [-0.39, 0.29) is 10.6 Å². The fourth-order valence-corrected chi connectivity index (χ4v) is 1.40. The van der Waals surface area contributed by atoms with E-state index in [1.807, 2.05) is 0 Å². The van der Waals surface area contributed by atoms with Gasteiger partial charge in [0.25, 0.3) is 0 Å². The highest BCUT2D eigenvalue weighted by atomic mass is 35.5. The van der Waals surface area contributed by atoms with E-state index in [0.717, 1.165) is 6.07 Å². The second kappa shape index (κ2) is 3.96. The van der Waals surface area contributed by atoms with Gasteiger partial charge in [0.05, 0.1) is 22.2 Å². The summed E-state index contributed by atoms with van der Waals surface area (Å²) in [5, 5.41) is 7.91. The molecule has 0 amide bonds. The number of aliphatic hydroxyl groups excluding tert-OH is 1. The van der Waals surface area contributed by atoms with Gasteiger partial charge in [0.2, 0.25) is 0 Å². The third-order valence-corrected chi connectivity index (χ3v) is 2.38. The third kappa shape index (κ3) is 2.32. The van der Waals surface area contributed by atoms with Crippen LogP contribution in [0.4, 0.5) is 13.2 Å². The van der Waals surface area contributed by atoms with E-state index in [9.17, 15) is 13.2 Å². The van der Waals surface area contributed by atoms with Crippen LogP contribution in [0.15, 0.2) is 12.1 Å². The molecule has 0 aliphatic carbocycles. The quantitative estimate of drug-likeness (QED) is 0.802. The number of alkyl halides is 3. The fraction of sp³-hybridized carbons (Fsp3) is 0.250. The first-order valence-electron chi connectivity index (χ1n) is 3.52. The third-order valence-electron chi connectivity index (χ3n) is 1.58. The monoisotopic (exact) mass is 244 g/mol. The molecule has 0 fully saturated rings. The highest BCUT2D eigenvalue weighted by Gasteiger charge is 2.34. The molecule has 1 rings (SSSR count). The summed E-state index contributed by atoms with van der Waals surface area (Å²) in [6.07, 6.45) is -4.56. The molecule has 0 spiro atoms. The molecule has 0 unspecified atom stereocenters. The molecular weight excluding hydrogens is 240 g/mol. The van der Waals surface area contributed by atoms with Gasteiger partial charge in [0.15, 0.2) is 0 Å². The lowest BCUT2D eigenvalue weighted by Gasteiger charge is -2.11. The van der Waals surface area contributed by atoms with E-state index in [2.05, 4.69) is 0 Å². The average Bonchev–Trinajstić information content (AvgIpc) is 2.07. The fourth-order valence-electron chi connectivity index (χ4n) is 0.943. The number of rotatable bonds is 1. The topological polar surface area (TPSA) is 20.2 Å². The number of benzene rings is 1. The van der Waals surface area contributed by atoms with Crippen LogP contribution in [0.25, 0.3) is 0 Å². The summed E-state index contributed by atoms with van der Waals surface area (Å²) < 4.78 is 37.0. The second-order valence-electron chi connectivity index (χ2n) is 2.60. The Hall–Kier alpha value is -0.450. The van der Waals surface area contributed by atoms with Crippen LogP contribution in [-0.4, -0.2) is 5.11 Å². The molecule has 0 saturated carbocycles. The van der Waals surface area contributed by atoms with Crippen LogP contribution in [-0.2, 0) is 12.8 Å². The molecule has 1 aromatic rings. The van der Waals surface area contributed by atoms with Gasteiger partial charge in [0, 0.05) is 0 Å². The molecule has 0 radical (unpaired) electrons. The zero-order valence-electron chi connectivity index (χ0n) is 6.70. The molecule has 0 aromatic heterocycles. The standard InChI is InChI=1S/C8H5Cl2F3O/c9-6-2-4(3-14)1-5(7(6)10)8(11,12)13/h1-2,14H,3H2. The summed E-state index contributed by atoms with van der Waals surface area (Å²) >= 11 is 10.8. The van der Waals surface area contributed by atoms with Gasteiger partial charge in [-0.1, -0.05) is 23.2 Å². The smallest absolute Gasteiger partial charge is 0.392 e. The van der Waals surface area contributed by atoms with Crippen molar-refractivity contribution in [3.05, 3.63) is 33.3 Å². The van der Waals surface area contributed by atoms with E-state index in [1.165, 1.54) is 6.07 Å². The molecule has 0 heterocycles. The molecule has 0 bridgehead atoms.